The maximum Gasteiger partial charge on any atom is 0.340 e. The van der Waals surface area contributed by atoms with E-state index in [1.54, 1.807) is 18.3 Å². The number of nitrogens with zero attached hydrogens (tertiary/aromatic N) is 2. The number of ether oxygens (including phenoxy) is 2. The van der Waals surface area contributed by atoms with Gasteiger partial charge < -0.3 is 19.7 Å². The maximum atomic E-state index is 12.2. The van der Waals surface area contributed by atoms with Gasteiger partial charge in [0.25, 0.3) is 5.91 Å². The molecule has 0 spiro atoms. The van der Waals surface area contributed by atoms with Crippen LogP contribution in [0.4, 0.5) is 11.4 Å². The topological polar surface area (TPSA) is 80.8 Å². The highest BCUT2D eigenvalue weighted by Gasteiger charge is 2.19. The molecule has 1 saturated heterocycles. The number of amides is 1. The summed E-state index contributed by atoms with van der Waals surface area (Å²) in [5.74, 6) is -0.968. The zero-order valence-electron chi connectivity index (χ0n) is 14.6. The number of carbonyl (C=O) groups excluding carboxylic acids is 2. The van der Waals surface area contributed by atoms with Crippen LogP contribution in [-0.2, 0) is 14.3 Å². The molecule has 1 atom stereocenters. The van der Waals surface area contributed by atoms with E-state index in [0.717, 1.165) is 32.0 Å². The molecule has 7 nitrogen and oxygen atoms in total. The van der Waals surface area contributed by atoms with E-state index in [2.05, 4.69) is 15.2 Å². The summed E-state index contributed by atoms with van der Waals surface area (Å²) in [6, 6.07) is 10.8. The molecule has 1 N–H and O–H groups in total. The predicted octanol–water partition coefficient (Wildman–Crippen LogP) is 2.10. The summed E-state index contributed by atoms with van der Waals surface area (Å²) >= 11 is 0. The van der Waals surface area contributed by atoms with Crippen molar-refractivity contribution in [2.24, 2.45) is 0 Å². The number of benzene rings is 1. The van der Waals surface area contributed by atoms with Crippen molar-refractivity contribution in [2.75, 3.05) is 36.5 Å². The monoisotopic (exact) mass is 355 g/mol. The first-order chi connectivity index (χ1) is 12.6. The average Bonchev–Trinajstić information content (AvgIpc) is 2.70. The first-order valence-electron chi connectivity index (χ1n) is 8.48. The molecule has 1 amide bonds. The third kappa shape index (κ3) is 4.58. The van der Waals surface area contributed by atoms with E-state index in [4.69, 9.17) is 9.47 Å². The first kappa shape index (κ1) is 17.9. The lowest BCUT2D eigenvalue weighted by atomic mass is 10.2. The molecule has 2 heterocycles. The Balaban J connectivity index is 1.54. The molecule has 1 aliphatic heterocycles. The Bertz CT molecular complexity index is 743. The Labute approximate surface area is 151 Å². The van der Waals surface area contributed by atoms with Gasteiger partial charge in [-0.1, -0.05) is 0 Å². The summed E-state index contributed by atoms with van der Waals surface area (Å²) in [5, 5.41) is 2.75. The number of nitrogens with one attached hydrogen (secondary N) is 1. The molecule has 0 unspecified atom stereocenters. The number of pyridine rings is 1. The van der Waals surface area contributed by atoms with E-state index in [1.165, 1.54) is 13.1 Å². The molecule has 1 fully saturated rings. The molecule has 7 heteroatoms. The number of carbonyl (C=O) groups is 2. The molecular formula is C19H21N3O4. The van der Waals surface area contributed by atoms with Crippen LogP contribution in [0.25, 0.3) is 0 Å². The smallest absolute Gasteiger partial charge is 0.340 e. The Kier molecular flexibility index (Phi) is 5.80. The van der Waals surface area contributed by atoms with E-state index in [1.807, 2.05) is 24.3 Å². The number of esters is 1. The van der Waals surface area contributed by atoms with Crippen LogP contribution in [0.15, 0.2) is 48.8 Å². The second-order valence-corrected chi connectivity index (χ2v) is 5.92. The molecule has 0 saturated carbocycles. The lowest BCUT2D eigenvalue weighted by molar-refractivity contribution is -0.123. The van der Waals surface area contributed by atoms with Crippen LogP contribution in [0.2, 0.25) is 0 Å². The Morgan fingerprint density at radius 2 is 1.92 bits per heavy atom. The van der Waals surface area contributed by atoms with E-state index >= 15 is 0 Å². The van der Waals surface area contributed by atoms with Crippen molar-refractivity contribution in [3.63, 3.8) is 0 Å². The summed E-state index contributed by atoms with van der Waals surface area (Å²) < 4.78 is 10.5. The van der Waals surface area contributed by atoms with Crippen molar-refractivity contribution < 1.29 is 19.1 Å². The summed E-state index contributed by atoms with van der Waals surface area (Å²) in [6.45, 7) is 4.68. The fraction of sp³-hybridized carbons (Fsp3) is 0.316. The van der Waals surface area contributed by atoms with Gasteiger partial charge in [0.2, 0.25) is 0 Å². The second-order valence-electron chi connectivity index (χ2n) is 5.92. The Morgan fingerprint density at radius 3 is 2.58 bits per heavy atom. The number of anilines is 2. The number of hydrogen-bond acceptors (Lipinski definition) is 6. The van der Waals surface area contributed by atoms with Gasteiger partial charge in [-0.15, -0.1) is 0 Å². The predicted molar refractivity (Wildman–Crippen MR) is 97.2 cm³/mol. The van der Waals surface area contributed by atoms with E-state index in [-0.39, 0.29) is 5.91 Å². The molecule has 0 aliphatic carbocycles. The minimum absolute atomic E-state index is 0.307. The molecule has 26 heavy (non-hydrogen) atoms. The molecule has 136 valence electrons. The summed E-state index contributed by atoms with van der Waals surface area (Å²) in [7, 11) is 0. The van der Waals surface area contributed by atoms with Crippen LogP contribution in [0.5, 0.6) is 0 Å². The van der Waals surface area contributed by atoms with Gasteiger partial charge in [0.05, 0.1) is 18.8 Å². The van der Waals surface area contributed by atoms with Gasteiger partial charge in [-0.3, -0.25) is 9.78 Å². The van der Waals surface area contributed by atoms with E-state index < -0.39 is 12.1 Å². The molecule has 1 aromatic carbocycles. The van der Waals surface area contributed by atoms with Crippen LogP contribution < -0.4 is 10.2 Å². The van der Waals surface area contributed by atoms with Crippen molar-refractivity contribution in [3.8, 4) is 0 Å². The molecule has 0 bridgehead atoms. The van der Waals surface area contributed by atoms with Crippen molar-refractivity contribution in [2.45, 2.75) is 13.0 Å². The molecule has 0 radical (unpaired) electrons. The zero-order chi connectivity index (χ0) is 18.4. The zero-order valence-corrected chi connectivity index (χ0v) is 14.6. The van der Waals surface area contributed by atoms with Crippen LogP contribution in [0.1, 0.15) is 17.3 Å². The Hall–Kier alpha value is -2.93. The third-order valence-corrected chi connectivity index (χ3v) is 4.06. The molecule has 2 aromatic rings. The van der Waals surface area contributed by atoms with Crippen LogP contribution in [0.3, 0.4) is 0 Å². The number of aromatic nitrogens is 1. The van der Waals surface area contributed by atoms with Gasteiger partial charge in [-0.2, -0.15) is 0 Å². The Morgan fingerprint density at radius 1 is 1.19 bits per heavy atom. The molecule has 1 aromatic heterocycles. The highest BCUT2D eigenvalue weighted by atomic mass is 16.5. The van der Waals surface area contributed by atoms with Gasteiger partial charge in [-0.25, -0.2) is 4.79 Å². The highest BCUT2D eigenvalue weighted by Crippen LogP contribution is 2.19. The standard InChI is InChI=1S/C19H21N3O4/c1-14(26-19(24)15-3-2-8-20-13-15)18(23)21-16-4-6-17(7-5-16)22-9-11-25-12-10-22/h2-8,13-14H,9-12H2,1H3,(H,21,23)/t14-/m1/s1. The van der Waals surface area contributed by atoms with Gasteiger partial charge in [0.1, 0.15) is 0 Å². The van der Waals surface area contributed by atoms with Crippen molar-refractivity contribution in [3.05, 3.63) is 54.4 Å². The maximum absolute atomic E-state index is 12.2. The normalized spacial score (nSPS) is 15.2. The van der Waals surface area contributed by atoms with Gasteiger partial charge in [-0.05, 0) is 43.3 Å². The third-order valence-electron chi connectivity index (χ3n) is 4.06. The van der Waals surface area contributed by atoms with Crippen molar-refractivity contribution in [1.82, 2.24) is 4.98 Å². The second kappa shape index (κ2) is 8.44. The quantitative estimate of drug-likeness (QED) is 0.828. The summed E-state index contributed by atoms with van der Waals surface area (Å²) in [6.07, 6.45) is 2.05. The lowest BCUT2D eigenvalue weighted by Gasteiger charge is -2.28. The fourth-order valence-electron chi connectivity index (χ4n) is 2.59. The minimum atomic E-state index is -0.915. The highest BCUT2D eigenvalue weighted by molar-refractivity contribution is 5.97. The minimum Gasteiger partial charge on any atom is -0.449 e. The lowest BCUT2D eigenvalue weighted by Crippen LogP contribution is -2.36. The van der Waals surface area contributed by atoms with Crippen molar-refractivity contribution >= 4 is 23.3 Å². The van der Waals surface area contributed by atoms with Crippen LogP contribution in [-0.4, -0.2) is 49.3 Å². The van der Waals surface area contributed by atoms with Gasteiger partial charge in [0, 0.05) is 36.9 Å². The average molecular weight is 355 g/mol. The fourth-order valence-corrected chi connectivity index (χ4v) is 2.59. The number of morpholine rings is 1. The summed E-state index contributed by atoms with van der Waals surface area (Å²) in [4.78, 5) is 30.3. The van der Waals surface area contributed by atoms with Crippen LogP contribution in [0, 0.1) is 0 Å². The number of hydrogen-bond donors (Lipinski definition) is 1. The molecular weight excluding hydrogens is 334 g/mol. The van der Waals surface area contributed by atoms with Gasteiger partial charge >= 0.3 is 5.97 Å². The van der Waals surface area contributed by atoms with E-state index in [9.17, 15) is 9.59 Å². The van der Waals surface area contributed by atoms with Gasteiger partial charge in [0.15, 0.2) is 6.10 Å². The summed E-state index contributed by atoms with van der Waals surface area (Å²) in [5.41, 5.74) is 2.04. The van der Waals surface area contributed by atoms with Crippen molar-refractivity contribution in [1.29, 1.82) is 0 Å². The first-order valence-corrected chi connectivity index (χ1v) is 8.48. The number of rotatable bonds is 5. The van der Waals surface area contributed by atoms with E-state index in [0.29, 0.717) is 11.3 Å². The molecule has 1 aliphatic rings. The SMILES string of the molecule is C[C@@H](OC(=O)c1cccnc1)C(=O)Nc1ccc(N2CCOCC2)cc1. The van der Waals surface area contributed by atoms with Crippen LogP contribution >= 0.6 is 0 Å². The molecule has 3 rings (SSSR count). The largest absolute Gasteiger partial charge is 0.449 e.